The molecule has 3 nitrogen and oxygen atoms in total. The van der Waals surface area contributed by atoms with Crippen molar-refractivity contribution >= 4 is 12.0 Å². The summed E-state index contributed by atoms with van der Waals surface area (Å²) in [5.41, 5.74) is 3.30. The summed E-state index contributed by atoms with van der Waals surface area (Å²) in [4.78, 5) is 11.2. The molecule has 0 aromatic heterocycles. The van der Waals surface area contributed by atoms with Gasteiger partial charge in [0.25, 0.3) is 5.91 Å². The third-order valence-corrected chi connectivity index (χ3v) is 2.87. The molecule has 0 fully saturated rings. The Hall–Kier alpha value is -2.03. The summed E-state index contributed by atoms with van der Waals surface area (Å²) in [5, 5.41) is 7.77. The first-order chi connectivity index (χ1) is 7.84. The predicted octanol–water partition coefficient (Wildman–Crippen LogP) is 3.06. The molecule has 1 heterocycles. The van der Waals surface area contributed by atoms with Crippen molar-refractivity contribution in [2.75, 3.05) is 0 Å². The van der Waals surface area contributed by atoms with E-state index in [0.717, 1.165) is 16.7 Å². The topological polar surface area (TPSA) is 41.8 Å². The largest absolute Gasteiger partial charge is 0.271 e. The number of azo groups is 1. The lowest BCUT2D eigenvalue weighted by atomic mass is 9.94. The highest BCUT2D eigenvalue weighted by atomic mass is 16.1. The Kier molecular flexibility index (Phi) is 2.03. The van der Waals surface area contributed by atoms with E-state index in [9.17, 15) is 4.79 Å². The van der Waals surface area contributed by atoms with Crippen LogP contribution >= 0.6 is 0 Å². The van der Waals surface area contributed by atoms with E-state index in [1.807, 2.05) is 36.4 Å². The molecular weight excluding hydrogens is 200 g/mol. The van der Waals surface area contributed by atoms with Crippen LogP contribution in [0.15, 0.2) is 52.2 Å². The Morgan fingerprint density at radius 2 is 2.12 bits per heavy atom. The monoisotopic (exact) mass is 210 g/mol. The van der Waals surface area contributed by atoms with E-state index in [1.165, 1.54) is 0 Å². The Bertz CT molecular complexity index is 541. The molecule has 0 spiro atoms. The maximum absolute atomic E-state index is 11.2. The highest BCUT2D eigenvalue weighted by Crippen LogP contribution is 2.36. The minimum atomic E-state index is -0.157. The summed E-state index contributed by atoms with van der Waals surface area (Å²) in [6, 6.07) is 8.00. The quantitative estimate of drug-likeness (QED) is 0.648. The number of rotatable bonds is 0. The van der Waals surface area contributed by atoms with Crippen molar-refractivity contribution in [1.82, 2.24) is 0 Å². The summed E-state index contributed by atoms with van der Waals surface area (Å²) in [7, 11) is 0. The number of carbonyl (C=O) groups is 1. The Morgan fingerprint density at radius 1 is 1.25 bits per heavy atom. The van der Waals surface area contributed by atoms with Crippen LogP contribution in [0.3, 0.4) is 0 Å². The second-order valence-electron chi connectivity index (χ2n) is 3.92. The molecule has 1 aliphatic heterocycles. The van der Waals surface area contributed by atoms with Crippen LogP contribution in [-0.4, -0.2) is 5.91 Å². The van der Waals surface area contributed by atoms with Crippen LogP contribution in [0.5, 0.6) is 0 Å². The molecule has 78 valence electrons. The van der Waals surface area contributed by atoms with Gasteiger partial charge in [0.2, 0.25) is 0 Å². The first-order valence-electron chi connectivity index (χ1n) is 5.24. The zero-order valence-corrected chi connectivity index (χ0v) is 8.63. The second kappa shape index (κ2) is 3.52. The van der Waals surface area contributed by atoms with Crippen LogP contribution in [0.1, 0.15) is 23.6 Å². The average molecular weight is 210 g/mol. The average Bonchev–Trinajstić information content (AvgIpc) is 2.47. The third-order valence-electron chi connectivity index (χ3n) is 2.87. The van der Waals surface area contributed by atoms with Gasteiger partial charge in [-0.3, -0.25) is 4.79 Å². The first kappa shape index (κ1) is 9.21. The summed E-state index contributed by atoms with van der Waals surface area (Å²) in [6.07, 6.45) is 6.37. The minimum absolute atomic E-state index is 0.0797. The van der Waals surface area contributed by atoms with Crippen LogP contribution in [-0.2, 0) is 4.79 Å². The van der Waals surface area contributed by atoms with Crippen molar-refractivity contribution in [3.05, 3.63) is 53.1 Å². The number of nitrogens with zero attached hydrogens (tertiary/aromatic N) is 2. The number of hydrogen-bond acceptors (Lipinski definition) is 2. The number of benzene rings is 1. The van der Waals surface area contributed by atoms with Gasteiger partial charge < -0.3 is 0 Å². The smallest absolute Gasteiger partial charge is 0.268 e. The molecule has 1 amide bonds. The number of allylic oxidation sites excluding steroid dienone is 2. The molecule has 0 saturated carbocycles. The lowest BCUT2D eigenvalue weighted by Crippen LogP contribution is -2.10. The predicted molar refractivity (Wildman–Crippen MR) is 60.8 cm³/mol. The fourth-order valence-electron chi connectivity index (χ4n) is 2.10. The molecule has 0 radical (unpaired) electrons. The molecule has 3 heteroatoms. The zero-order valence-electron chi connectivity index (χ0n) is 8.63. The van der Waals surface area contributed by atoms with Gasteiger partial charge in [0, 0.05) is 0 Å². The van der Waals surface area contributed by atoms with Crippen LogP contribution in [0.4, 0.5) is 0 Å². The van der Waals surface area contributed by atoms with E-state index in [-0.39, 0.29) is 11.9 Å². The first-order valence-corrected chi connectivity index (χ1v) is 5.24. The van der Waals surface area contributed by atoms with Crippen molar-refractivity contribution < 1.29 is 4.79 Å². The Morgan fingerprint density at radius 3 is 3.06 bits per heavy atom. The van der Waals surface area contributed by atoms with Gasteiger partial charge in [0.1, 0.15) is 6.04 Å². The van der Waals surface area contributed by atoms with E-state index in [1.54, 1.807) is 0 Å². The highest BCUT2D eigenvalue weighted by Gasteiger charge is 2.25. The summed E-state index contributed by atoms with van der Waals surface area (Å²) in [5.74, 6) is -0.157. The van der Waals surface area contributed by atoms with Gasteiger partial charge in [-0.1, -0.05) is 42.5 Å². The number of hydrogen-bond donors (Lipinski definition) is 0. The van der Waals surface area contributed by atoms with Gasteiger partial charge in [-0.05, 0) is 16.7 Å². The summed E-state index contributed by atoms with van der Waals surface area (Å²) < 4.78 is 0. The Balaban J connectivity index is 2.18. The fourth-order valence-corrected chi connectivity index (χ4v) is 2.10. The van der Waals surface area contributed by atoms with E-state index < -0.39 is 0 Å². The molecule has 1 aromatic rings. The molecule has 1 aromatic carbocycles. The van der Waals surface area contributed by atoms with E-state index in [0.29, 0.717) is 6.42 Å². The van der Waals surface area contributed by atoms with Gasteiger partial charge in [-0.2, -0.15) is 5.11 Å². The van der Waals surface area contributed by atoms with Crippen molar-refractivity contribution in [3.63, 3.8) is 0 Å². The zero-order chi connectivity index (χ0) is 11.0. The molecule has 1 atom stereocenters. The molecule has 0 N–H and O–H groups in total. The SMILES string of the molecule is O=C1CC2=CC=Cc3ccccc3C2N=N1. The number of fused-ring (bicyclic) bond motifs is 3. The van der Waals surface area contributed by atoms with Gasteiger partial charge in [0.05, 0.1) is 6.42 Å². The van der Waals surface area contributed by atoms with E-state index in [2.05, 4.69) is 16.3 Å². The number of carbonyl (C=O) groups excluding carboxylic acids is 1. The van der Waals surface area contributed by atoms with Gasteiger partial charge in [-0.25, -0.2) is 0 Å². The van der Waals surface area contributed by atoms with Crippen LogP contribution < -0.4 is 0 Å². The normalized spacial score (nSPS) is 22.1. The lowest BCUT2D eigenvalue weighted by Gasteiger charge is -2.18. The summed E-state index contributed by atoms with van der Waals surface area (Å²) >= 11 is 0. The second-order valence-corrected chi connectivity index (χ2v) is 3.92. The maximum atomic E-state index is 11.2. The van der Waals surface area contributed by atoms with Gasteiger partial charge in [0.15, 0.2) is 0 Å². The van der Waals surface area contributed by atoms with Gasteiger partial charge >= 0.3 is 0 Å². The molecule has 0 saturated heterocycles. The molecule has 1 unspecified atom stereocenters. The maximum Gasteiger partial charge on any atom is 0.268 e. The van der Waals surface area contributed by atoms with E-state index in [4.69, 9.17) is 0 Å². The van der Waals surface area contributed by atoms with Crippen LogP contribution in [0.25, 0.3) is 6.08 Å². The molecule has 0 bridgehead atoms. The molecule has 2 aliphatic rings. The third kappa shape index (κ3) is 1.41. The van der Waals surface area contributed by atoms with Crippen molar-refractivity contribution in [2.24, 2.45) is 10.2 Å². The Labute approximate surface area is 93.2 Å². The van der Waals surface area contributed by atoms with Crippen molar-refractivity contribution in [3.8, 4) is 0 Å². The molecule has 1 aliphatic carbocycles. The highest BCUT2D eigenvalue weighted by molar-refractivity contribution is 5.81. The molecular formula is C13H10N2O. The standard InChI is InChI=1S/C13H10N2O/c16-12-8-10-6-3-5-9-4-1-2-7-11(9)13(10)15-14-12/h1-7,13H,8H2. The van der Waals surface area contributed by atoms with Crippen molar-refractivity contribution in [2.45, 2.75) is 12.5 Å². The van der Waals surface area contributed by atoms with Crippen LogP contribution in [0, 0.1) is 0 Å². The fraction of sp³-hybridized carbons (Fsp3) is 0.154. The summed E-state index contributed by atoms with van der Waals surface area (Å²) in [6.45, 7) is 0. The van der Waals surface area contributed by atoms with Gasteiger partial charge in [-0.15, -0.1) is 5.11 Å². The lowest BCUT2D eigenvalue weighted by molar-refractivity contribution is -0.118. The minimum Gasteiger partial charge on any atom is -0.271 e. The molecule has 3 rings (SSSR count). The van der Waals surface area contributed by atoms with E-state index >= 15 is 0 Å². The van der Waals surface area contributed by atoms with Crippen LogP contribution in [0.2, 0.25) is 0 Å². The van der Waals surface area contributed by atoms with Crippen molar-refractivity contribution in [1.29, 1.82) is 0 Å². The number of amides is 1. The molecule has 16 heavy (non-hydrogen) atoms.